The van der Waals surface area contributed by atoms with Gasteiger partial charge in [0.25, 0.3) is 5.79 Å². The third kappa shape index (κ3) is 2.86. The number of esters is 2. The van der Waals surface area contributed by atoms with E-state index in [1.54, 1.807) is 18.2 Å². The van der Waals surface area contributed by atoms with Crippen LogP contribution in [0.4, 0.5) is 8.78 Å². The van der Waals surface area contributed by atoms with Gasteiger partial charge in [-0.15, -0.1) is 0 Å². The van der Waals surface area contributed by atoms with Gasteiger partial charge in [-0.1, -0.05) is 6.07 Å². The molecule has 0 N–H and O–H groups in total. The second-order valence-corrected chi connectivity index (χ2v) is 9.02. The van der Waals surface area contributed by atoms with Crippen LogP contribution in [0.25, 0.3) is 0 Å². The lowest BCUT2D eigenvalue weighted by molar-refractivity contribution is -0.192. The van der Waals surface area contributed by atoms with E-state index in [1.165, 1.54) is 0 Å². The first-order valence-electron chi connectivity index (χ1n) is 7.85. The summed E-state index contributed by atoms with van der Waals surface area (Å²) in [5.41, 5.74) is 0.250. The van der Waals surface area contributed by atoms with Gasteiger partial charge in [-0.3, -0.25) is 0 Å². The molecular formula is C15H10F2IO9S-. The predicted molar refractivity (Wildman–Crippen MR) is 90.4 cm³/mol. The van der Waals surface area contributed by atoms with Crippen LogP contribution in [-0.2, 0) is 29.1 Å². The number of carbonyl (C=O) groups excluding carboxylic acids is 2. The Kier molecular flexibility index (Phi) is 4.37. The molecule has 1 spiro atoms. The highest BCUT2D eigenvalue weighted by molar-refractivity contribution is 14.1. The summed E-state index contributed by atoms with van der Waals surface area (Å²) >= 11 is 1.95. The molecule has 28 heavy (non-hydrogen) atoms. The second kappa shape index (κ2) is 6.21. The number of rotatable bonds is 3. The maximum atomic E-state index is 13.3. The summed E-state index contributed by atoms with van der Waals surface area (Å²) in [6, 6.07) is 4.94. The van der Waals surface area contributed by atoms with E-state index in [4.69, 9.17) is 14.2 Å². The van der Waals surface area contributed by atoms with Crippen molar-refractivity contribution in [1.29, 1.82) is 0 Å². The Hall–Kier alpha value is -1.58. The van der Waals surface area contributed by atoms with Gasteiger partial charge in [-0.2, -0.15) is 8.78 Å². The van der Waals surface area contributed by atoms with Crippen molar-refractivity contribution in [3.63, 3.8) is 0 Å². The molecule has 0 amide bonds. The summed E-state index contributed by atoms with van der Waals surface area (Å²) in [7, 11) is -6.22. The highest BCUT2D eigenvalue weighted by atomic mass is 127. The number of ether oxygens (including phenoxy) is 4. The van der Waals surface area contributed by atoms with Gasteiger partial charge in [0.1, 0.15) is 29.6 Å². The first kappa shape index (κ1) is 19.7. The fourth-order valence-electron chi connectivity index (χ4n) is 3.44. The average molecular weight is 531 g/mol. The minimum absolute atomic E-state index is 0.123. The molecule has 0 aromatic heterocycles. The fourth-order valence-corrected chi connectivity index (χ4v) is 4.39. The topological polar surface area (TPSA) is 128 Å². The zero-order chi connectivity index (χ0) is 20.5. The van der Waals surface area contributed by atoms with Crippen LogP contribution >= 0.6 is 22.6 Å². The smallest absolute Gasteiger partial charge is 0.428 e. The van der Waals surface area contributed by atoms with Crippen LogP contribution in [0.2, 0.25) is 0 Å². The van der Waals surface area contributed by atoms with E-state index < -0.39 is 51.4 Å². The summed E-state index contributed by atoms with van der Waals surface area (Å²) in [4.78, 5) is 23.8. The molecule has 1 aromatic carbocycles. The molecule has 13 heteroatoms. The molecule has 4 atom stereocenters. The van der Waals surface area contributed by atoms with Gasteiger partial charge in [0.05, 0.1) is 6.42 Å². The largest absolute Gasteiger partial charge is 0.743 e. The van der Waals surface area contributed by atoms with Gasteiger partial charge in [0.2, 0.25) is 0 Å². The average Bonchev–Trinajstić information content (AvgIpc) is 3.10. The molecule has 3 aliphatic heterocycles. The van der Waals surface area contributed by atoms with E-state index in [2.05, 4.69) is 4.74 Å². The second-order valence-electron chi connectivity index (χ2n) is 6.43. The summed E-state index contributed by atoms with van der Waals surface area (Å²) in [6.45, 7) is 0. The lowest BCUT2D eigenvalue weighted by Crippen LogP contribution is -2.54. The van der Waals surface area contributed by atoms with Crippen LogP contribution in [0.1, 0.15) is 23.2 Å². The Morgan fingerprint density at radius 1 is 1.36 bits per heavy atom. The normalized spacial score (nSPS) is 31.3. The van der Waals surface area contributed by atoms with E-state index >= 15 is 0 Å². The number of carbonyl (C=O) groups is 2. The van der Waals surface area contributed by atoms with Crippen molar-refractivity contribution in [1.82, 2.24) is 0 Å². The summed E-state index contributed by atoms with van der Waals surface area (Å²) in [5.74, 6) is -4.34. The van der Waals surface area contributed by atoms with Crippen molar-refractivity contribution >= 4 is 44.6 Å². The van der Waals surface area contributed by atoms with Gasteiger partial charge in [-0.05, 0) is 34.7 Å². The van der Waals surface area contributed by atoms with E-state index in [9.17, 15) is 31.3 Å². The van der Waals surface area contributed by atoms with Crippen molar-refractivity contribution in [2.75, 3.05) is 0 Å². The molecule has 4 rings (SSSR count). The summed E-state index contributed by atoms with van der Waals surface area (Å²) in [5, 5.41) is -5.21. The van der Waals surface area contributed by atoms with Gasteiger partial charge in [-0.25, -0.2) is 18.0 Å². The van der Waals surface area contributed by atoms with E-state index in [0.29, 0.717) is 3.57 Å². The molecule has 9 nitrogen and oxygen atoms in total. The molecule has 152 valence electrons. The van der Waals surface area contributed by atoms with Crippen molar-refractivity contribution < 1.29 is 50.3 Å². The lowest BCUT2D eigenvalue weighted by Gasteiger charge is -2.39. The number of hydrogen-bond acceptors (Lipinski definition) is 9. The van der Waals surface area contributed by atoms with Crippen LogP contribution in [0.15, 0.2) is 18.2 Å². The van der Waals surface area contributed by atoms with Gasteiger partial charge < -0.3 is 23.5 Å². The fraction of sp³-hybridized carbons (Fsp3) is 0.467. The van der Waals surface area contributed by atoms with E-state index in [-0.39, 0.29) is 24.2 Å². The van der Waals surface area contributed by atoms with E-state index in [1.807, 2.05) is 22.6 Å². The van der Waals surface area contributed by atoms with Gasteiger partial charge in [0.15, 0.2) is 10.1 Å². The van der Waals surface area contributed by atoms with Crippen molar-refractivity contribution in [3.05, 3.63) is 27.3 Å². The number of alkyl halides is 2. The molecule has 3 heterocycles. The lowest BCUT2D eigenvalue weighted by atomic mass is 9.90. The van der Waals surface area contributed by atoms with Crippen molar-refractivity contribution in [2.24, 2.45) is 0 Å². The maximum absolute atomic E-state index is 13.3. The Balaban J connectivity index is 1.51. The van der Waals surface area contributed by atoms with Crippen LogP contribution in [0, 0.1) is 3.57 Å². The van der Waals surface area contributed by atoms with E-state index in [0.717, 1.165) is 0 Å². The molecule has 2 saturated heterocycles. The number of halogens is 3. The molecular weight excluding hydrogens is 521 g/mol. The number of benzene rings is 1. The molecule has 0 radical (unpaired) electrons. The molecule has 1 aromatic rings. The number of hydrogen-bond donors (Lipinski definition) is 0. The van der Waals surface area contributed by atoms with Crippen molar-refractivity contribution in [3.8, 4) is 5.75 Å². The third-order valence-corrected chi connectivity index (χ3v) is 6.41. The molecule has 0 saturated carbocycles. The van der Waals surface area contributed by atoms with Crippen LogP contribution < -0.4 is 4.74 Å². The molecule has 4 unspecified atom stereocenters. The zero-order valence-electron chi connectivity index (χ0n) is 13.6. The Bertz CT molecular complexity index is 982. The van der Waals surface area contributed by atoms with Gasteiger partial charge in [0, 0.05) is 9.99 Å². The third-order valence-electron chi connectivity index (χ3n) is 4.71. The zero-order valence-corrected chi connectivity index (χ0v) is 16.6. The summed E-state index contributed by atoms with van der Waals surface area (Å²) in [6.07, 6.45) is -3.45. The summed E-state index contributed by atoms with van der Waals surface area (Å²) < 4.78 is 80.1. The Labute approximate surface area is 170 Å². The first-order valence-corrected chi connectivity index (χ1v) is 10.3. The van der Waals surface area contributed by atoms with Crippen LogP contribution in [-0.4, -0.2) is 54.3 Å². The Morgan fingerprint density at radius 3 is 2.68 bits per heavy atom. The first-order chi connectivity index (χ1) is 12.9. The maximum Gasteiger partial charge on any atom is 0.428 e. The minimum Gasteiger partial charge on any atom is -0.743 e. The van der Waals surface area contributed by atoms with Crippen LogP contribution in [0.5, 0.6) is 5.75 Å². The quantitative estimate of drug-likeness (QED) is 0.321. The molecule has 3 aliphatic rings. The Morgan fingerprint density at radius 2 is 2.07 bits per heavy atom. The highest BCUT2D eigenvalue weighted by Gasteiger charge is 2.65. The SMILES string of the molecule is O=C1OC2(CC3OC2CC3OC(=O)C(F)(F)S(=O)(=O)[O-])Oc2cccc(I)c21. The monoisotopic (exact) mass is 531 g/mol. The highest BCUT2D eigenvalue weighted by Crippen LogP contribution is 2.49. The minimum atomic E-state index is -6.22. The predicted octanol–water partition coefficient (Wildman–Crippen LogP) is 1.15. The molecule has 0 aliphatic carbocycles. The van der Waals surface area contributed by atoms with Crippen LogP contribution in [0.3, 0.4) is 0 Å². The number of fused-ring (bicyclic) bond motifs is 4. The van der Waals surface area contributed by atoms with Gasteiger partial charge >= 0.3 is 17.2 Å². The standard InChI is InChI=1S/C15H11F2IO9S/c16-15(17,28(21,22)23)13(20)25-8-4-10-14(5-9(8)24-10)26-7-3-1-2-6(18)11(7)12(19)27-14/h1-3,8-10H,4-5H2,(H,21,22,23)/p-1. The molecule has 2 bridgehead atoms. The molecule has 2 fully saturated rings. The van der Waals surface area contributed by atoms with Crippen molar-refractivity contribution in [2.45, 2.75) is 42.2 Å².